The molecular weight excluding hydrogens is 262 g/mol. The van der Waals surface area contributed by atoms with E-state index < -0.39 is 0 Å². The second-order valence-corrected chi connectivity index (χ2v) is 6.19. The molecule has 2 rings (SSSR count). The van der Waals surface area contributed by atoms with Crippen molar-refractivity contribution >= 4 is 11.7 Å². The van der Waals surface area contributed by atoms with Gasteiger partial charge in [0.2, 0.25) is 5.91 Å². The van der Waals surface area contributed by atoms with Crippen molar-refractivity contribution in [2.75, 3.05) is 18.4 Å². The highest BCUT2D eigenvalue weighted by atomic mass is 16.2. The van der Waals surface area contributed by atoms with Gasteiger partial charge in [0.1, 0.15) is 5.82 Å². The van der Waals surface area contributed by atoms with Crippen molar-refractivity contribution in [2.24, 2.45) is 11.8 Å². The van der Waals surface area contributed by atoms with E-state index in [1.54, 1.807) is 6.20 Å². The van der Waals surface area contributed by atoms with E-state index in [9.17, 15) is 4.79 Å². The lowest BCUT2D eigenvalue weighted by Gasteiger charge is -2.23. The van der Waals surface area contributed by atoms with E-state index >= 15 is 0 Å². The van der Waals surface area contributed by atoms with E-state index in [-0.39, 0.29) is 5.91 Å². The van der Waals surface area contributed by atoms with Gasteiger partial charge in [0.25, 0.3) is 0 Å². The number of amides is 1. The van der Waals surface area contributed by atoms with Crippen LogP contribution in [0.4, 0.5) is 5.82 Å². The zero-order valence-electron chi connectivity index (χ0n) is 13.4. The summed E-state index contributed by atoms with van der Waals surface area (Å²) in [6, 6.07) is 4.00. The predicted molar refractivity (Wildman–Crippen MR) is 86.0 cm³/mol. The Morgan fingerprint density at radius 2 is 2.24 bits per heavy atom. The van der Waals surface area contributed by atoms with Crippen LogP contribution >= 0.6 is 0 Å². The molecule has 1 saturated heterocycles. The van der Waals surface area contributed by atoms with Crippen LogP contribution in [0, 0.1) is 11.8 Å². The standard InChI is InChI=1S/C17H27N3O/c1-4-18-17-15(6-5-10-19-17)12-20-11-9-14(13(2)3)7-8-16(20)21/h5-6,10,13-14H,4,7-9,11-12H2,1-3H3,(H,18,19). The lowest BCUT2D eigenvalue weighted by atomic mass is 9.89. The van der Waals surface area contributed by atoms with Crippen LogP contribution in [0.1, 0.15) is 45.6 Å². The third-order valence-corrected chi connectivity index (χ3v) is 4.39. The normalized spacial score (nSPS) is 19.7. The summed E-state index contributed by atoms with van der Waals surface area (Å²) in [6.45, 7) is 8.95. The number of likely N-dealkylation sites (tertiary alicyclic amines) is 1. The molecule has 4 nitrogen and oxygen atoms in total. The molecule has 21 heavy (non-hydrogen) atoms. The first-order valence-electron chi connectivity index (χ1n) is 8.07. The second kappa shape index (κ2) is 7.43. The molecule has 1 aromatic rings. The van der Waals surface area contributed by atoms with Gasteiger partial charge in [-0.05, 0) is 37.7 Å². The van der Waals surface area contributed by atoms with Crippen LogP contribution in [0.2, 0.25) is 0 Å². The fourth-order valence-electron chi connectivity index (χ4n) is 2.99. The lowest BCUT2D eigenvalue weighted by Crippen LogP contribution is -2.30. The molecule has 1 unspecified atom stereocenters. The largest absolute Gasteiger partial charge is 0.370 e. The minimum absolute atomic E-state index is 0.282. The van der Waals surface area contributed by atoms with Gasteiger partial charge < -0.3 is 10.2 Å². The fraction of sp³-hybridized carbons (Fsp3) is 0.647. The van der Waals surface area contributed by atoms with E-state index in [0.29, 0.717) is 24.8 Å². The Labute approximate surface area is 127 Å². The topological polar surface area (TPSA) is 45.2 Å². The maximum atomic E-state index is 12.3. The summed E-state index contributed by atoms with van der Waals surface area (Å²) in [6.07, 6.45) is 4.61. The Bertz CT molecular complexity index is 473. The Morgan fingerprint density at radius 3 is 2.95 bits per heavy atom. The molecule has 0 bridgehead atoms. The number of carbonyl (C=O) groups is 1. The van der Waals surface area contributed by atoms with E-state index in [1.807, 2.05) is 11.0 Å². The molecule has 1 amide bonds. The van der Waals surface area contributed by atoms with Crippen molar-refractivity contribution in [1.82, 2.24) is 9.88 Å². The zero-order valence-corrected chi connectivity index (χ0v) is 13.4. The highest BCUT2D eigenvalue weighted by molar-refractivity contribution is 5.76. The number of nitrogens with zero attached hydrogens (tertiary/aromatic N) is 2. The summed E-state index contributed by atoms with van der Waals surface area (Å²) in [4.78, 5) is 18.7. The molecule has 1 aromatic heterocycles. The van der Waals surface area contributed by atoms with E-state index in [2.05, 4.69) is 37.1 Å². The first-order valence-corrected chi connectivity index (χ1v) is 8.07. The average molecular weight is 289 g/mol. The highest BCUT2D eigenvalue weighted by Gasteiger charge is 2.24. The molecule has 0 aliphatic carbocycles. The minimum atomic E-state index is 0.282. The van der Waals surface area contributed by atoms with Gasteiger partial charge in [0.05, 0.1) is 0 Å². The summed E-state index contributed by atoms with van der Waals surface area (Å²) in [5.74, 6) is 2.51. The molecule has 1 aliphatic rings. The second-order valence-electron chi connectivity index (χ2n) is 6.19. The maximum absolute atomic E-state index is 12.3. The zero-order chi connectivity index (χ0) is 15.2. The third-order valence-electron chi connectivity index (χ3n) is 4.39. The Kier molecular flexibility index (Phi) is 5.59. The first kappa shape index (κ1) is 15.8. The van der Waals surface area contributed by atoms with Crippen LogP contribution in [0.25, 0.3) is 0 Å². The van der Waals surface area contributed by atoms with Crippen molar-refractivity contribution in [3.05, 3.63) is 23.9 Å². The maximum Gasteiger partial charge on any atom is 0.222 e. The monoisotopic (exact) mass is 289 g/mol. The van der Waals surface area contributed by atoms with Gasteiger partial charge in [-0.15, -0.1) is 0 Å². The molecule has 0 aromatic carbocycles. The minimum Gasteiger partial charge on any atom is -0.370 e. The van der Waals surface area contributed by atoms with E-state index in [4.69, 9.17) is 0 Å². The van der Waals surface area contributed by atoms with Crippen LogP contribution in [0.5, 0.6) is 0 Å². The van der Waals surface area contributed by atoms with Gasteiger partial charge in [-0.25, -0.2) is 4.98 Å². The number of hydrogen-bond donors (Lipinski definition) is 1. The first-order chi connectivity index (χ1) is 10.1. The SMILES string of the molecule is CCNc1ncccc1CN1CCC(C(C)C)CCC1=O. The average Bonchev–Trinajstić information content (AvgIpc) is 2.64. The summed E-state index contributed by atoms with van der Waals surface area (Å²) in [5.41, 5.74) is 1.11. The molecule has 0 radical (unpaired) electrons. The van der Waals surface area contributed by atoms with Crippen molar-refractivity contribution in [3.63, 3.8) is 0 Å². The van der Waals surface area contributed by atoms with Crippen LogP contribution in [0.3, 0.4) is 0 Å². The summed E-state index contributed by atoms with van der Waals surface area (Å²) in [7, 11) is 0. The number of aromatic nitrogens is 1. The van der Waals surface area contributed by atoms with Crippen LogP contribution < -0.4 is 5.32 Å². The molecule has 1 atom stereocenters. The predicted octanol–water partition coefficient (Wildman–Crippen LogP) is 3.30. The molecular formula is C17H27N3O. The summed E-state index contributed by atoms with van der Waals surface area (Å²) >= 11 is 0. The van der Waals surface area contributed by atoms with Crippen molar-refractivity contribution < 1.29 is 4.79 Å². The molecule has 1 aliphatic heterocycles. The highest BCUT2D eigenvalue weighted by Crippen LogP contribution is 2.26. The fourth-order valence-corrected chi connectivity index (χ4v) is 2.99. The molecule has 116 valence electrons. The number of carbonyl (C=O) groups excluding carboxylic acids is 1. The van der Waals surface area contributed by atoms with Gasteiger partial charge >= 0.3 is 0 Å². The van der Waals surface area contributed by atoms with Crippen LogP contribution in [-0.2, 0) is 11.3 Å². The number of nitrogens with one attached hydrogen (secondary N) is 1. The smallest absolute Gasteiger partial charge is 0.222 e. The van der Waals surface area contributed by atoms with Crippen molar-refractivity contribution in [1.29, 1.82) is 0 Å². The van der Waals surface area contributed by atoms with Crippen LogP contribution in [-0.4, -0.2) is 28.9 Å². The number of pyridine rings is 1. The summed E-state index contributed by atoms with van der Waals surface area (Å²) < 4.78 is 0. The van der Waals surface area contributed by atoms with Gasteiger partial charge in [-0.3, -0.25) is 4.79 Å². The Morgan fingerprint density at radius 1 is 1.43 bits per heavy atom. The van der Waals surface area contributed by atoms with E-state index in [1.165, 1.54) is 0 Å². The van der Waals surface area contributed by atoms with E-state index in [0.717, 1.165) is 37.3 Å². The molecule has 0 spiro atoms. The lowest BCUT2D eigenvalue weighted by molar-refractivity contribution is -0.131. The van der Waals surface area contributed by atoms with Crippen molar-refractivity contribution in [3.8, 4) is 0 Å². The molecule has 2 heterocycles. The number of anilines is 1. The molecule has 4 heteroatoms. The molecule has 0 saturated carbocycles. The van der Waals surface area contributed by atoms with Gasteiger partial charge in [-0.2, -0.15) is 0 Å². The third kappa shape index (κ3) is 4.19. The van der Waals surface area contributed by atoms with Crippen molar-refractivity contribution in [2.45, 2.75) is 46.6 Å². The quantitative estimate of drug-likeness (QED) is 0.904. The van der Waals surface area contributed by atoms with Gasteiger partial charge in [0, 0.05) is 37.8 Å². The number of rotatable bonds is 5. The molecule has 1 fully saturated rings. The molecule has 1 N–H and O–H groups in total. The number of hydrogen-bond acceptors (Lipinski definition) is 3. The Balaban J connectivity index is 2.06. The van der Waals surface area contributed by atoms with Gasteiger partial charge in [0.15, 0.2) is 0 Å². The van der Waals surface area contributed by atoms with Gasteiger partial charge in [-0.1, -0.05) is 19.9 Å². The Hall–Kier alpha value is -1.58. The van der Waals surface area contributed by atoms with Crippen LogP contribution in [0.15, 0.2) is 18.3 Å². The summed E-state index contributed by atoms with van der Waals surface area (Å²) in [5, 5.41) is 3.27.